The Balaban J connectivity index is 1.66. The summed E-state index contributed by atoms with van der Waals surface area (Å²) in [5.74, 6) is 0. The Morgan fingerprint density at radius 1 is 0.714 bits per heavy atom. The molecule has 0 saturated carbocycles. The van der Waals surface area contributed by atoms with Crippen molar-refractivity contribution < 1.29 is 0 Å². The lowest BCUT2D eigenvalue weighted by atomic mass is 10.0. The van der Waals surface area contributed by atoms with Crippen molar-refractivity contribution in [2.45, 2.75) is 103 Å². The van der Waals surface area contributed by atoms with E-state index >= 15 is 0 Å². The number of hydrazone groups is 1. The standard InChI is InChI=1S/C19H38N2/c1-2-3-4-5-6-7-8-9-10-11-12-13-14-15-17-20-21-18-16-19-21/h17H,2-16,18-19H2,1H3. The summed E-state index contributed by atoms with van der Waals surface area (Å²) in [5, 5.41) is 6.60. The van der Waals surface area contributed by atoms with Crippen LogP contribution in [0.3, 0.4) is 0 Å². The van der Waals surface area contributed by atoms with Crippen molar-refractivity contribution in [1.82, 2.24) is 5.01 Å². The highest BCUT2D eigenvalue weighted by Crippen LogP contribution is 2.12. The summed E-state index contributed by atoms with van der Waals surface area (Å²) in [7, 11) is 0. The molecular formula is C19H38N2. The average Bonchev–Trinajstić information content (AvgIpc) is 2.45. The Hall–Kier alpha value is -0.530. The largest absolute Gasteiger partial charge is 0.297 e. The van der Waals surface area contributed by atoms with Crippen LogP contribution in [0.2, 0.25) is 0 Å². The van der Waals surface area contributed by atoms with Gasteiger partial charge in [-0.25, -0.2) is 0 Å². The van der Waals surface area contributed by atoms with E-state index in [0.29, 0.717) is 0 Å². The molecule has 21 heavy (non-hydrogen) atoms. The van der Waals surface area contributed by atoms with Crippen LogP contribution in [0.15, 0.2) is 5.10 Å². The smallest absolute Gasteiger partial charge is 0.0377 e. The molecule has 2 heteroatoms. The monoisotopic (exact) mass is 294 g/mol. The van der Waals surface area contributed by atoms with Crippen molar-refractivity contribution in [2.75, 3.05) is 13.1 Å². The molecule has 0 aliphatic carbocycles. The van der Waals surface area contributed by atoms with Crippen molar-refractivity contribution >= 4 is 6.21 Å². The van der Waals surface area contributed by atoms with Crippen LogP contribution < -0.4 is 0 Å². The molecule has 1 aliphatic heterocycles. The summed E-state index contributed by atoms with van der Waals surface area (Å²) >= 11 is 0. The van der Waals surface area contributed by atoms with Gasteiger partial charge in [-0.05, 0) is 19.3 Å². The van der Waals surface area contributed by atoms with Crippen molar-refractivity contribution in [3.8, 4) is 0 Å². The number of hydrogen-bond donors (Lipinski definition) is 0. The summed E-state index contributed by atoms with van der Waals surface area (Å²) in [6.45, 7) is 4.64. The topological polar surface area (TPSA) is 15.6 Å². The van der Waals surface area contributed by atoms with E-state index in [1.54, 1.807) is 0 Å². The molecule has 0 atom stereocenters. The Bertz CT molecular complexity index is 234. The zero-order valence-corrected chi connectivity index (χ0v) is 14.5. The second kappa shape index (κ2) is 14.4. The van der Waals surface area contributed by atoms with Gasteiger partial charge in [0.2, 0.25) is 0 Å². The van der Waals surface area contributed by atoms with E-state index in [2.05, 4.69) is 23.2 Å². The molecule has 0 aromatic carbocycles. The number of rotatable bonds is 15. The molecule has 0 amide bonds. The van der Waals surface area contributed by atoms with E-state index in [0.717, 1.165) is 0 Å². The van der Waals surface area contributed by atoms with Crippen LogP contribution in [0.1, 0.15) is 103 Å². The highest BCUT2D eigenvalue weighted by Gasteiger charge is 2.08. The van der Waals surface area contributed by atoms with Gasteiger partial charge in [0, 0.05) is 19.3 Å². The van der Waals surface area contributed by atoms with Gasteiger partial charge in [0.15, 0.2) is 0 Å². The van der Waals surface area contributed by atoms with Crippen LogP contribution in [0.5, 0.6) is 0 Å². The van der Waals surface area contributed by atoms with Gasteiger partial charge in [-0.15, -0.1) is 0 Å². The van der Waals surface area contributed by atoms with Crippen molar-refractivity contribution in [2.24, 2.45) is 5.10 Å². The molecule has 2 nitrogen and oxygen atoms in total. The summed E-state index contributed by atoms with van der Waals surface area (Å²) in [6.07, 6.45) is 23.3. The van der Waals surface area contributed by atoms with Gasteiger partial charge in [0.1, 0.15) is 0 Å². The van der Waals surface area contributed by atoms with E-state index in [4.69, 9.17) is 0 Å². The molecule has 0 spiro atoms. The van der Waals surface area contributed by atoms with Crippen LogP contribution in [0.25, 0.3) is 0 Å². The number of nitrogens with zero attached hydrogens (tertiary/aromatic N) is 2. The van der Waals surface area contributed by atoms with E-state index in [1.165, 1.54) is 109 Å². The second-order valence-electron chi connectivity index (χ2n) is 6.64. The second-order valence-corrected chi connectivity index (χ2v) is 6.64. The lowest BCUT2D eigenvalue weighted by molar-refractivity contribution is 0.191. The zero-order valence-electron chi connectivity index (χ0n) is 14.5. The van der Waals surface area contributed by atoms with Crippen LogP contribution in [0, 0.1) is 0 Å². The fraction of sp³-hybridized carbons (Fsp3) is 0.947. The highest BCUT2D eigenvalue weighted by atomic mass is 15.5. The van der Waals surface area contributed by atoms with E-state index in [-0.39, 0.29) is 0 Å². The maximum absolute atomic E-state index is 4.43. The molecule has 0 bridgehead atoms. The normalized spacial score (nSPS) is 14.8. The first-order valence-electron chi connectivity index (χ1n) is 9.71. The maximum Gasteiger partial charge on any atom is 0.0377 e. The quantitative estimate of drug-likeness (QED) is 0.261. The van der Waals surface area contributed by atoms with Crippen molar-refractivity contribution in [1.29, 1.82) is 0 Å². The van der Waals surface area contributed by atoms with Crippen LogP contribution in [0.4, 0.5) is 0 Å². The van der Waals surface area contributed by atoms with Crippen LogP contribution >= 0.6 is 0 Å². The van der Waals surface area contributed by atoms with Gasteiger partial charge in [-0.2, -0.15) is 5.10 Å². The molecule has 1 heterocycles. The predicted molar refractivity (Wildman–Crippen MR) is 95.0 cm³/mol. The molecular weight excluding hydrogens is 256 g/mol. The predicted octanol–water partition coefficient (Wildman–Crippen LogP) is 6.16. The molecule has 1 fully saturated rings. The van der Waals surface area contributed by atoms with Crippen LogP contribution in [-0.2, 0) is 0 Å². The Labute approximate surface area is 133 Å². The molecule has 0 aromatic heterocycles. The van der Waals surface area contributed by atoms with Gasteiger partial charge < -0.3 is 0 Å². The fourth-order valence-electron chi connectivity index (χ4n) is 2.84. The maximum atomic E-state index is 4.43. The fourth-order valence-corrected chi connectivity index (χ4v) is 2.84. The lowest BCUT2D eigenvalue weighted by Crippen LogP contribution is -2.32. The number of hydrogen-bond acceptors (Lipinski definition) is 2. The molecule has 0 N–H and O–H groups in total. The zero-order chi connectivity index (χ0) is 15.0. The minimum atomic E-state index is 1.17. The molecule has 0 aromatic rings. The minimum absolute atomic E-state index is 1.17. The SMILES string of the molecule is CCCCCCCCCCCCCCCC=NN1CCC1. The lowest BCUT2D eigenvalue weighted by Gasteiger charge is -2.27. The van der Waals surface area contributed by atoms with Crippen molar-refractivity contribution in [3.05, 3.63) is 0 Å². The first-order valence-corrected chi connectivity index (χ1v) is 9.71. The minimum Gasteiger partial charge on any atom is -0.297 e. The Kier molecular flexibility index (Phi) is 12.7. The van der Waals surface area contributed by atoms with Gasteiger partial charge in [0.05, 0.1) is 0 Å². The van der Waals surface area contributed by atoms with Gasteiger partial charge in [0.25, 0.3) is 0 Å². The summed E-state index contributed by atoms with van der Waals surface area (Å²) in [6, 6.07) is 0. The number of unbranched alkanes of at least 4 members (excludes halogenated alkanes) is 13. The molecule has 0 unspecified atom stereocenters. The third-order valence-electron chi connectivity index (χ3n) is 4.51. The first-order chi connectivity index (χ1) is 10.4. The summed E-state index contributed by atoms with van der Waals surface area (Å²) in [4.78, 5) is 0. The molecule has 1 saturated heterocycles. The van der Waals surface area contributed by atoms with Crippen molar-refractivity contribution in [3.63, 3.8) is 0 Å². The van der Waals surface area contributed by atoms with Gasteiger partial charge >= 0.3 is 0 Å². The van der Waals surface area contributed by atoms with E-state index in [1.807, 2.05) is 0 Å². The third-order valence-corrected chi connectivity index (χ3v) is 4.51. The molecule has 124 valence electrons. The molecule has 1 aliphatic rings. The molecule has 1 rings (SSSR count). The Morgan fingerprint density at radius 2 is 1.19 bits per heavy atom. The highest BCUT2D eigenvalue weighted by molar-refractivity contribution is 5.56. The van der Waals surface area contributed by atoms with Gasteiger partial charge in [-0.1, -0.05) is 84.0 Å². The first kappa shape index (κ1) is 18.5. The Morgan fingerprint density at radius 3 is 1.62 bits per heavy atom. The van der Waals surface area contributed by atoms with E-state index in [9.17, 15) is 0 Å². The average molecular weight is 295 g/mol. The van der Waals surface area contributed by atoms with Crippen LogP contribution in [-0.4, -0.2) is 24.3 Å². The van der Waals surface area contributed by atoms with E-state index < -0.39 is 0 Å². The third kappa shape index (κ3) is 11.8. The summed E-state index contributed by atoms with van der Waals surface area (Å²) < 4.78 is 0. The van der Waals surface area contributed by atoms with Gasteiger partial charge in [-0.3, -0.25) is 5.01 Å². The summed E-state index contributed by atoms with van der Waals surface area (Å²) in [5.41, 5.74) is 0. The molecule has 0 radical (unpaired) electrons.